The number of ether oxygens (including phenoxy) is 2. The molecule has 0 spiro atoms. The first kappa shape index (κ1) is 26.3. The van der Waals surface area contributed by atoms with Crippen LogP contribution >= 0.6 is 0 Å². The first-order valence-electron chi connectivity index (χ1n) is 13.3. The molecule has 0 bridgehead atoms. The third-order valence-electron chi connectivity index (χ3n) is 7.58. The molecule has 0 aliphatic carbocycles. The van der Waals surface area contributed by atoms with E-state index in [1.807, 2.05) is 41.3 Å². The van der Waals surface area contributed by atoms with Crippen LogP contribution in [0.15, 0.2) is 72.8 Å². The van der Waals surface area contributed by atoms with Crippen LogP contribution in [0.25, 0.3) is 0 Å². The fourth-order valence-electron chi connectivity index (χ4n) is 5.56. The monoisotopic (exact) mass is 527 g/mol. The Morgan fingerprint density at radius 3 is 2.56 bits per heavy atom. The Morgan fingerprint density at radius 2 is 1.77 bits per heavy atom. The van der Waals surface area contributed by atoms with E-state index in [0.29, 0.717) is 18.7 Å². The average Bonchev–Trinajstić information content (AvgIpc) is 3.08. The number of hydrogen-bond donors (Lipinski definition) is 2. The SMILES string of the molecule is COc1ccc2c(c1)CCN1C(=O)C(NC(=O)c3ccccc3NC(=O)OCc3ccccc3)CCC(C)C21. The van der Waals surface area contributed by atoms with Crippen LogP contribution in [0.1, 0.15) is 52.9 Å². The van der Waals surface area contributed by atoms with Crippen LogP contribution in [0.2, 0.25) is 0 Å². The summed E-state index contributed by atoms with van der Waals surface area (Å²) < 4.78 is 10.7. The summed E-state index contributed by atoms with van der Waals surface area (Å²) >= 11 is 0. The van der Waals surface area contributed by atoms with E-state index < -0.39 is 18.0 Å². The third kappa shape index (κ3) is 5.74. The van der Waals surface area contributed by atoms with Gasteiger partial charge in [-0.05, 0) is 66.1 Å². The van der Waals surface area contributed by atoms with E-state index in [9.17, 15) is 14.4 Å². The van der Waals surface area contributed by atoms with Crippen LogP contribution in [-0.4, -0.2) is 42.5 Å². The number of hydrogen-bond acceptors (Lipinski definition) is 5. The molecule has 1 fully saturated rings. The Kier molecular flexibility index (Phi) is 7.81. The van der Waals surface area contributed by atoms with E-state index in [4.69, 9.17) is 9.47 Å². The van der Waals surface area contributed by atoms with Gasteiger partial charge in [-0.1, -0.05) is 55.5 Å². The van der Waals surface area contributed by atoms with Crippen molar-refractivity contribution in [2.45, 2.75) is 44.9 Å². The van der Waals surface area contributed by atoms with Crippen molar-refractivity contribution in [3.8, 4) is 5.75 Å². The first-order valence-corrected chi connectivity index (χ1v) is 13.3. The Balaban J connectivity index is 1.28. The Hall–Kier alpha value is -4.33. The number of nitrogens with zero attached hydrogens (tertiary/aromatic N) is 1. The highest BCUT2D eigenvalue weighted by atomic mass is 16.5. The third-order valence-corrected chi connectivity index (χ3v) is 7.58. The molecule has 3 aromatic carbocycles. The second kappa shape index (κ2) is 11.6. The molecule has 2 aliphatic rings. The topological polar surface area (TPSA) is 97.0 Å². The van der Waals surface area contributed by atoms with Crippen molar-refractivity contribution in [1.29, 1.82) is 0 Å². The standard InChI is InChI=1S/C31H33N3O5/c1-20-12-15-27(30(36)34-17-16-22-18-23(38-2)13-14-24(22)28(20)34)32-29(35)25-10-6-7-11-26(25)33-31(37)39-19-21-8-4-3-5-9-21/h3-11,13-14,18,20,27-28H,12,15-17,19H2,1-2H3,(H,32,35)(H,33,37). The van der Waals surface area contributed by atoms with Gasteiger partial charge in [-0.15, -0.1) is 0 Å². The maximum atomic E-state index is 13.7. The van der Waals surface area contributed by atoms with Crippen molar-refractivity contribution >= 4 is 23.6 Å². The zero-order valence-corrected chi connectivity index (χ0v) is 22.2. The zero-order chi connectivity index (χ0) is 27.4. The lowest BCUT2D eigenvalue weighted by molar-refractivity contribution is -0.136. The molecule has 8 heteroatoms. The van der Waals surface area contributed by atoms with Gasteiger partial charge in [0.05, 0.1) is 24.4 Å². The minimum Gasteiger partial charge on any atom is -0.497 e. The molecule has 39 heavy (non-hydrogen) atoms. The molecule has 3 amide bonds. The van der Waals surface area contributed by atoms with Crippen LogP contribution in [0.5, 0.6) is 5.75 Å². The lowest BCUT2D eigenvalue weighted by Crippen LogP contribution is -2.50. The average molecular weight is 528 g/mol. The molecule has 2 aliphatic heterocycles. The van der Waals surface area contributed by atoms with Crippen molar-refractivity contribution in [1.82, 2.24) is 10.2 Å². The van der Waals surface area contributed by atoms with E-state index in [1.165, 1.54) is 5.56 Å². The van der Waals surface area contributed by atoms with Gasteiger partial charge in [0.1, 0.15) is 18.4 Å². The number of nitrogens with one attached hydrogen (secondary N) is 2. The minimum atomic E-state index is -0.662. The highest BCUT2D eigenvalue weighted by Gasteiger charge is 2.40. The summed E-state index contributed by atoms with van der Waals surface area (Å²) in [5.41, 5.74) is 3.81. The van der Waals surface area contributed by atoms with Crippen molar-refractivity contribution < 1.29 is 23.9 Å². The van der Waals surface area contributed by atoms with E-state index in [-0.39, 0.29) is 30.0 Å². The number of benzene rings is 3. The highest BCUT2D eigenvalue weighted by molar-refractivity contribution is 6.04. The van der Waals surface area contributed by atoms with Gasteiger partial charge in [-0.2, -0.15) is 0 Å². The number of rotatable bonds is 6. The van der Waals surface area contributed by atoms with Crippen molar-refractivity contribution in [2.75, 3.05) is 19.0 Å². The normalized spacial score (nSPS) is 20.2. The van der Waals surface area contributed by atoms with Crippen molar-refractivity contribution in [2.24, 2.45) is 5.92 Å². The van der Waals surface area contributed by atoms with Gasteiger partial charge in [0.25, 0.3) is 5.91 Å². The second-order valence-electron chi connectivity index (χ2n) is 10.1. The minimum absolute atomic E-state index is 0.0394. The first-order chi connectivity index (χ1) is 18.9. The van der Waals surface area contributed by atoms with E-state index >= 15 is 0 Å². The smallest absolute Gasteiger partial charge is 0.411 e. The fourth-order valence-corrected chi connectivity index (χ4v) is 5.56. The van der Waals surface area contributed by atoms with Crippen LogP contribution < -0.4 is 15.4 Å². The quantitative estimate of drug-likeness (QED) is 0.465. The van der Waals surface area contributed by atoms with Crippen molar-refractivity contribution in [3.05, 3.63) is 95.1 Å². The molecule has 8 nitrogen and oxygen atoms in total. The predicted molar refractivity (Wildman–Crippen MR) is 147 cm³/mol. The lowest BCUT2D eigenvalue weighted by atomic mass is 9.84. The summed E-state index contributed by atoms with van der Waals surface area (Å²) in [6.07, 6.45) is 1.40. The maximum absolute atomic E-state index is 13.7. The van der Waals surface area contributed by atoms with E-state index in [2.05, 4.69) is 29.7 Å². The maximum Gasteiger partial charge on any atom is 0.411 e. The number of anilines is 1. The van der Waals surface area contributed by atoms with Gasteiger partial charge < -0.3 is 19.7 Å². The van der Waals surface area contributed by atoms with Gasteiger partial charge in [0.2, 0.25) is 5.91 Å². The van der Waals surface area contributed by atoms with Gasteiger partial charge in [0.15, 0.2) is 0 Å². The molecule has 5 rings (SSSR count). The number of carbonyl (C=O) groups is 3. The summed E-state index contributed by atoms with van der Waals surface area (Å²) in [6.45, 7) is 2.86. The number of para-hydroxylation sites is 1. The van der Waals surface area contributed by atoms with Crippen LogP contribution in [0.4, 0.5) is 10.5 Å². The largest absolute Gasteiger partial charge is 0.497 e. The summed E-state index contributed by atoms with van der Waals surface area (Å²) in [5.74, 6) is 0.556. The molecule has 2 N–H and O–H groups in total. The summed E-state index contributed by atoms with van der Waals surface area (Å²) in [6, 6.07) is 21.4. The Bertz CT molecular complexity index is 1360. The zero-order valence-electron chi connectivity index (χ0n) is 22.2. The molecular formula is C31H33N3O5. The Labute approximate surface area is 228 Å². The summed E-state index contributed by atoms with van der Waals surface area (Å²) in [4.78, 5) is 41.4. The number of fused-ring (bicyclic) bond motifs is 3. The molecule has 202 valence electrons. The van der Waals surface area contributed by atoms with Crippen LogP contribution in [0, 0.1) is 5.92 Å². The molecular weight excluding hydrogens is 494 g/mol. The predicted octanol–water partition coefficient (Wildman–Crippen LogP) is 5.10. The van der Waals surface area contributed by atoms with Crippen LogP contribution in [-0.2, 0) is 22.6 Å². The van der Waals surface area contributed by atoms with E-state index in [0.717, 1.165) is 29.7 Å². The molecule has 3 atom stereocenters. The molecule has 1 saturated heterocycles. The number of carbonyl (C=O) groups excluding carboxylic acids is 3. The fraction of sp³-hybridized carbons (Fsp3) is 0.323. The molecule has 2 heterocycles. The van der Waals surface area contributed by atoms with Crippen LogP contribution in [0.3, 0.4) is 0 Å². The Morgan fingerprint density at radius 1 is 1.00 bits per heavy atom. The molecule has 3 aromatic rings. The van der Waals surface area contributed by atoms with Gasteiger partial charge >= 0.3 is 6.09 Å². The lowest BCUT2D eigenvalue weighted by Gasteiger charge is -2.40. The molecule has 0 radical (unpaired) electrons. The highest BCUT2D eigenvalue weighted by Crippen LogP contribution is 2.41. The van der Waals surface area contributed by atoms with E-state index in [1.54, 1.807) is 31.4 Å². The number of methoxy groups -OCH3 is 1. The van der Waals surface area contributed by atoms with Crippen molar-refractivity contribution in [3.63, 3.8) is 0 Å². The van der Waals surface area contributed by atoms with Gasteiger partial charge in [-0.25, -0.2) is 4.79 Å². The number of amides is 3. The molecule has 3 unspecified atom stereocenters. The molecule has 0 aromatic heterocycles. The second-order valence-corrected chi connectivity index (χ2v) is 10.1. The van der Waals surface area contributed by atoms with Gasteiger partial charge in [-0.3, -0.25) is 14.9 Å². The summed E-state index contributed by atoms with van der Waals surface area (Å²) in [7, 11) is 1.66. The van der Waals surface area contributed by atoms with Gasteiger partial charge in [0, 0.05) is 6.54 Å². The molecule has 0 saturated carbocycles. The summed E-state index contributed by atoms with van der Waals surface area (Å²) in [5, 5.41) is 5.62.